The fraction of sp³-hybridized carbons (Fsp3) is 0.571. The van der Waals surface area contributed by atoms with Crippen LogP contribution in [0.5, 0.6) is 0 Å². The summed E-state index contributed by atoms with van der Waals surface area (Å²) in [5, 5.41) is 18.6. The number of non-ortho nitro benzene ring substituents is 1. The first-order chi connectivity index (χ1) is 10.2. The van der Waals surface area contributed by atoms with E-state index in [1.165, 1.54) is 12.1 Å². The maximum atomic E-state index is 10.5. The number of nitrogens with zero attached hydrogens (tertiary/aromatic N) is 3. The van der Waals surface area contributed by atoms with Crippen LogP contribution in [0.3, 0.4) is 0 Å². The minimum absolute atomic E-state index is 0.0465. The van der Waals surface area contributed by atoms with E-state index in [4.69, 9.17) is 9.47 Å². The summed E-state index contributed by atoms with van der Waals surface area (Å²) in [5.74, 6) is 0. The third-order valence-corrected chi connectivity index (χ3v) is 2.65. The van der Waals surface area contributed by atoms with Gasteiger partial charge in [-0.3, -0.25) is 10.1 Å². The lowest BCUT2D eigenvalue weighted by atomic mass is 10.3. The molecule has 0 saturated heterocycles. The highest BCUT2D eigenvalue weighted by Crippen LogP contribution is 2.18. The van der Waals surface area contributed by atoms with E-state index in [2.05, 4.69) is 10.2 Å². The van der Waals surface area contributed by atoms with E-state index in [9.17, 15) is 10.1 Å². The molecule has 0 aliphatic heterocycles. The van der Waals surface area contributed by atoms with Crippen molar-refractivity contribution in [3.63, 3.8) is 0 Å². The molecule has 21 heavy (non-hydrogen) atoms. The topological polar surface area (TPSA) is 86.3 Å². The molecule has 0 spiro atoms. The van der Waals surface area contributed by atoms with Crippen LogP contribution in [0.4, 0.5) is 11.4 Å². The first-order valence-electron chi connectivity index (χ1n) is 7.02. The molecule has 1 rings (SSSR count). The molecule has 1 aromatic rings. The number of azo groups is 1. The molecule has 0 saturated carbocycles. The quantitative estimate of drug-likeness (QED) is 0.215. The Morgan fingerprint density at radius 2 is 1.81 bits per heavy atom. The maximum absolute atomic E-state index is 10.5. The number of hydrogen-bond acceptors (Lipinski definition) is 6. The molecular formula is C14H21N3O4. The van der Waals surface area contributed by atoms with E-state index < -0.39 is 4.92 Å². The van der Waals surface area contributed by atoms with Crippen LogP contribution in [-0.2, 0) is 9.47 Å². The van der Waals surface area contributed by atoms with Gasteiger partial charge >= 0.3 is 0 Å². The van der Waals surface area contributed by atoms with Crippen molar-refractivity contribution >= 4 is 11.4 Å². The number of hydrogen-bond donors (Lipinski definition) is 0. The number of nitro groups is 1. The highest BCUT2D eigenvalue weighted by atomic mass is 16.7. The predicted molar refractivity (Wildman–Crippen MR) is 78.8 cm³/mol. The van der Waals surface area contributed by atoms with Crippen LogP contribution >= 0.6 is 0 Å². The molecule has 0 bridgehead atoms. The second-order valence-corrected chi connectivity index (χ2v) is 4.22. The highest BCUT2D eigenvalue weighted by Gasteiger charge is 2.06. The minimum Gasteiger partial charge on any atom is -0.353 e. The smallest absolute Gasteiger partial charge is 0.269 e. The van der Waals surface area contributed by atoms with Crippen molar-refractivity contribution in [1.29, 1.82) is 0 Å². The minimum atomic E-state index is -0.442. The molecule has 0 aromatic heterocycles. The largest absolute Gasteiger partial charge is 0.353 e. The summed E-state index contributed by atoms with van der Waals surface area (Å²) in [6.45, 7) is 5.66. The summed E-state index contributed by atoms with van der Waals surface area (Å²) in [6.07, 6.45) is 1.39. The standard InChI is InChI=1S/C14H21N3O4/c1-3-20-14(21-4-2)6-5-11-15-16-12-7-9-13(10-8-12)17(18)19/h7-10,14H,3-6,11H2,1-2H3. The van der Waals surface area contributed by atoms with Gasteiger partial charge in [0.25, 0.3) is 5.69 Å². The fourth-order valence-corrected chi connectivity index (χ4v) is 1.69. The van der Waals surface area contributed by atoms with Gasteiger partial charge < -0.3 is 9.47 Å². The average Bonchev–Trinajstić information content (AvgIpc) is 2.47. The van der Waals surface area contributed by atoms with Gasteiger partial charge in [-0.15, -0.1) is 0 Å². The van der Waals surface area contributed by atoms with Crippen LogP contribution in [0.1, 0.15) is 26.7 Å². The number of rotatable bonds is 10. The molecule has 0 atom stereocenters. The lowest BCUT2D eigenvalue weighted by molar-refractivity contribution is -0.384. The summed E-state index contributed by atoms with van der Waals surface area (Å²) in [7, 11) is 0. The zero-order valence-corrected chi connectivity index (χ0v) is 12.4. The van der Waals surface area contributed by atoms with Gasteiger partial charge in [-0.25, -0.2) is 0 Å². The van der Waals surface area contributed by atoms with Gasteiger partial charge in [0.1, 0.15) is 0 Å². The molecule has 0 aliphatic carbocycles. The predicted octanol–water partition coefficient (Wildman–Crippen LogP) is 3.86. The maximum Gasteiger partial charge on any atom is 0.269 e. The Bertz CT molecular complexity index is 442. The molecule has 0 aliphatic rings. The SMILES string of the molecule is CCOC(CCCN=Nc1ccc([N+](=O)[O-])cc1)OCC. The van der Waals surface area contributed by atoms with E-state index in [1.54, 1.807) is 12.1 Å². The van der Waals surface area contributed by atoms with Gasteiger partial charge in [-0.2, -0.15) is 10.2 Å². The summed E-state index contributed by atoms with van der Waals surface area (Å²) in [4.78, 5) is 10.1. The van der Waals surface area contributed by atoms with E-state index in [0.29, 0.717) is 25.4 Å². The van der Waals surface area contributed by atoms with E-state index >= 15 is 0 Å². The van der Waals surface area contributed by atoms with Gasteiger partial charge in [0.15, 0.2) is 6.29 Å². The molecule has 0 amide bonds. The summed E-state index contributed by atoms with van der Waals surface area (Å²) < 4.78 is 10.8. The van der Waals surface area contributed by atoms with Gasteiger partial charge in [0, 0.05) is 31.8 Å². The molecule has 7 heteroatoms. The molecule has 1 aromatic carbocycles. The molecule has 0 fully saturated rings. The van der Waals surface area contributed by atoms with Crippen LogP contribution in [0.25, 0.3) is 0 Å². The Labute approximate surface area is 124 Å². The van der Waals surface area contributed by atoms with Crippen LogP contribution < -0.4 is 0 Å². The average molecular weight is 295 g/mol. The van der Waals surface area contributed by atoms with E-state index in [0.717, 1.165) is 12.8 Å². The van der Waals surface area contributed by atoms with Crippen LogP contribution in [0, 0.1) is 10.1 Å². The van der Waals surface area contributed by atoms with Crippen molar-refractivity contribution < 1.29 is 14.4 Å². The lowest BCUT2D eigenvalue weighted by Gasteiger charge is -2.15. The monoisotopic (exact) mass is 295 g/mol. The van der Waals surface area contributed by atoms with Crippen molar-refractivity contribution in [2.45, 2.75) is 33.0 Å². The molecule has 0 radical (unpaired) electrons. The highest BCUT2D eigenvalue weighted by molar-refractivity contribution is 5.43. The second-order valence-electron chi connectivity index (χ2n) is 4.22. The Kier molecular flexibility index (Phi) is 8.15. The number of benzene rings is 1. The Morgan fingerprint density at radius 1 is 1.19 bits per heavy atom. The molecule has 0 heterocycles. The van der Waals surface area contributed by atoms with Crippen molar-refractivity contribution in [2.24, 2.45) is 10.2 Å². The van der Waals surface area contributed by atoms with Crippen molar-refractivity contribution in [3.05, 3.63) is 34.4 Å². The normalized spacial score (nSPS) is 11.4. The van der Waals surface area contributed by atoms with Gasteiger partial charge in [0.2, 0.25) is 0 Å². The summed E-state index contributed by atoms with van der Waals surface area (Å²) >= 11 is 0. The molecule has 0 N–H and O–H groups in total. The van der Waals surface area contributed by atoms with Crippen molar-refractivity contribution in [2.75, 3.05) is 19.8 Å². The molecule has 116 valence electrons. The zero-order chi connectivity index (χ0) is 15.5. The van der Waals surface area contributed by atoms with Crippen molar-refractivity contribution in [3.8, 4) is 0 Å². The Balaban J connectivity index is 2.32. The second kappa shape index (κ2) is 9.95. The Morgan fingerprint density at radius 3 is 2.33 bits per heavy atom. The Hall–Kier alpha value is -1.86. The van der Waals surface area contributed by atoms with Crippen LogP contribution in [-0.4, -0.2) is 31.0 Å². The first kappa shape index (κ1) is 17.2. The number of nitro benzene ring substituents is 1. The van der Waals surface area contributed by atoms with Crippen LogP contribution in [0.15, 0.2) is 34.5 Å². The van der Waals surface area contributed by atoms with Gasteiger partial charge in [-0.1, -0.05) is 0 Å². The van der Waals surface area contributed by atoms with E-state index in [-0.39, 0.29) is 12.0 Å². The zero-order valence-electron chi connectivity index (χ0n) is 12.4. The van der Waals surface area contributed by atoms with Crippen molar-refractivity contribution in [1.82, 2.24) is 0 Å². The summed E-state index contributed by atoms with van der Waals surface area (Å²) in [6, 6.07) is 5.97. The first-order valence-corrected chi connectivity index (χ1v) is 7.02. The summed E-state index contributed by atoms with van der Waals surface area (Å²) in [5.41, 5.74) is 0.650. The van der Waals surface area contributed by atoms with Crippen LogP contribution in [0.2, 0.25) is 0 Å². The number of ether oxygens (including phenoxy) is 2. The third kappa shape index (κ3) is 6.92. The molecule has 7 nitrogen and oxygen atoms in total. The lowest BCUT2D eigenvalue weighted by Crippen LogP contribution is -2.17. The van der Waals surface area contributed by atoms with Gasteiger partial charge in [-0.05, 0) is 32.4 Å². The van der Waals surface area contributed by atoms with E-state index in [1.807, 2.05) is 13.8 Å². The van der Waals surface area contributed by atoms with Gasteiger partial charge in [0.05, 0.1) is 17.2 Å². The fourth-order valence-electron chi connectivity index (χ4n) is 1.69. The molecule has 0 unspecified atom stereocenters. The molecular weight excluding hydrogens is 274 g/mol. The third-order valence-electron chi connectivity index (χ3n) is 2.65.